The predicted octanol–water partition coefficient (Wildman–Crippen LogP) is 2.58. The molecule has 2 heterocycles. The number of pyridine rings is 1. The predicted molar refractivity (Wildman–Crippen MR) is 104 cm³/mol. The van der Waals surface area contributed by atoms with Crippen LogP contribution in [0.1, 0.15) is 18.1 Å². The van der Waals surface area contributed by atoms with Crippen LogP contribution < -0.4 is 15.0 Å². The van der Waals surface area contributed by atoms with Crippen molar-refractivity contribution < 1.29 is 9.53 Å². The molecule has 142 valence electrons. The third kappa shape index (κ3) is 4.30. The van der Waals surface area contributed by atoms with Crippen molar-refractivity contribution in [3.63, 3.8) is 0 Å². The maximum Gasteiger partial charge on any atom is 0.321 e. The van der Waals surface area contributed by atoms with Crippen LogP contribution in [-0.4, -0.2) is 48.7 Å². The highest BCUT2D eigenvalue weighted by molar-refractivity contribution is 5.89. The average Bonchev–Trinajstić information content (AvgIpc) is 2.75. The Labute approximate surface area is 163 Å². The van der Waals surface area contributed by atoms with Crippen LogP contribution in [0.4, 0.5) is 16.3 Å². The molecule has 0 radical (unpaired) electrons. The largest absolute Gasteiger partial charge is 0.492 e. The molecule has 0 spiro atoms. The Kier molecular flexibility index (Phi) is 5.93. The minimum absolute atomic E-state index is 0.208. The molecule has 0 unspecified atom stereocenters. The minimum atomic E-state index is -0.208. The van der Waals surface area contributed by atoms with E-state index in [0.29, 0.717) is 55.3 Å². The Morgan fingerprint density at radius 2 is 1.96 bits per heavy atom. The molecule has 0 bridgehead atoms. The van der Waals surface area contributed by atoms with Gasteiger partial charge in [-0.15, -0.1) is 0 Å². The SMILES string of the molecule is CCOc1ccc(NC(=O)N2CCN(c3ccc(C#N)cn3)CC2)cc1C#N. The summed E-state index contributed by atoms with van der Waals surface area (Å²) in [6.45, 7) is 4.73. The lowest BCUT2D eigenvalue weighted by Crippen LogP contribution is -2.50. The Bertz CT molecular complexity index is 921. The second-order valence-electron chi connectivity index (χ2n) is 6.18. The number of benzene rings is 1. The Hall–Kier alpha value is -3.78. The molecule has 1 aromatic heterocycles. The summed E-state index contributed by atoms with van der Waals surface area (Å²) in [5.74, 6) is 1.30. The Morgan fingerprint density at radius 3 is 2.57 bits per heavy atom. The van der Waals surface area contributed by atoms with E-state index in [9.17, 15) is 10.1 Å². The summed E-state index contributed by atoms with van der Waals surface area (Å²) in [5.41, 5.74) is 1.46. The number of carbonyl (C=O) groups excluding carboxylic acids is 1. The number of piperazine rings is 1. The highest BCUT2D eigenvalue weighted by Crippen LogP contribution is 2.22. The van der Waals surface area contributed by atoms with Crippen molar-refractivity contribution >= 4 is 17.5 Å². The van der Waals surface area contributed by atoms with Crippen LogP contribution in [-0.2, 0) is 0 Å². The summed E-state index contributed by atoms with van der Waals surface area (Å²) in [7, 11) is 0. The number of hydrogen-bond donors (Lipinski definition) is 1. The van der Waals surface area contributed by atoms with Crippen LogP contribution in [0.15, 0.2) is 36.5 Å². The normalized spacial score (nSPS) is 13.4. The van der Waals surface area contributed by atoms with Gasteiger partial charge in [0.15, 0.2) is 0 Å². The van der Waals surface area contributed by atoms with Gasteiger partial charge in [0.1, 0.15) is 23.7 Å². The third-order valence-electron chi connectivity index (χ3n) is 4.42. The van der Waals surface area contributed by atoms with Gasteiger partial charge in [0.2, 0.25) is 0 Å². The van der Waals surface area contributed by atoms with Crippen molar-refractivity contribution in [3.8, 4) is 17.9 Å². The van der Waals surface area contributed by atoms with Crippen LogP contribution in [0.2, 0.25) is 0 Å². The van der Waals surface area contributed by atoms with Crippen LogP contribution in [0, 0.1) is 22.7 Å². The second kappa shape index (κ2) is 8.74. The van der Waals surface area contributed by atoms with Crippen molar-refractivity contribution in [2.45, 2.75) is 6.92 Å². The molecule has 1 aliphatic heterocycles. The van der Waals surface area contributed by atoms with Crippen LogP contribution in [0.3, 0.4) is 0 Å². The molecule has 0 saturated carbocycles. The first-order valence-corrected chi connectivity index (χ1v) is 8.98. The molecule has 0 aliphatic carbocycles. The zero-order valence-electron chi connectivity index (χ0n) is 15.6. The van der Waals surface area contributed by atoms with Crippen molar-refractivity contribution in [1.29, 1.82) is 10.5 Å². The van der Waals surface area contributed by atoms with E-state index in [1.165, 1.54) is 0 Å². The van der Waals surface area contributed by atoms with Gasteiger partial charge in [0.25, 0.3) is 0 Å². The number of nitriles is 2. The maximum absolute atomic E-state index is 12.5. The van der Waals surface area contributed by atoms with E-state index in [4.69, 9.17) is 10.00 Å². The molecule has 1 aliphatic rings. The smallest absolute Gasteiger partial charge is 0.321 e. The average molecular weight is 376 g/mol. The Balaban J connectivity index is 1.58. The monoisotopic (exact) mass is 376 g/mol. The number of nitrogens with zero attached hydrogens (tertiary/aromatic N) is 5. The van der Waals surface area contributed by atoms with E-state index in [1.54, 1.807) is 35.4 Å². The van der Waals surface area contributed by atoms with Gasteiger partial charge >= 0.3 is 6.03 Å². The molecule has 28 heavy (non-hydrogen) atoms. The van der Waals surface area contributed by atoms with Crippen molar-refractivity contribution in [2.24, 2.45) is 0 Å². The second-order valence-corrected chi connectivity index (χ2v) is 6.18. The molecular weight excluding hydrogens is 356 g/mol. The quantitative estimate of drug-likeness (QED) is 0.879. The van der Waals surface area contributed by atoms with Crippen LogP contribution >= 0.6 is 0 Å². The molecular formula is C20H20N6O2. The van der Waals surface area contributed by atoms with E-state index in [-0.39, 0.29) is 6.03 Å². The highest BCUT2D eigenvalue weighted by Gasteiger charge is 2.22. The van der Waals surface area contributed by atoms with Gasteiger partial charge in [-0.2, -0.15) is 10.5 Å². The van der Waals surface area contributed by atoms with Gasteiger partial charge in [-0.3, -0.25) is 0 Å². The van der Waals surface area contributed by atoms with Gasteiger partial charge < -0.3 is 19.9 Å². The lowest BCUT2D eigenvalue weighted by Gasteiger charge is -2.35. The summed E-state index contributed by atoms with van der Waals surface area (Å²) in [6.07, 6.45) is 1.55. The zero-order valence-corrected chi connectivity index (χ0v) is 15.6. The molecule has 3 rings (SSSR count). The summed E-state index contributed by atoms with van der Waals surface area (Å²) in [4.78, 5) is 20.6. The van der Waals surface area contributed by atoms with E-state index < -0.39 is 0 Å². The molecule has 1 saturated heterocycles. The number of carbonyl (C=O) groups is 1. The first-order valence-electron chi connectivity index (χ1n) is 8.98. The number of rotatable bonds is 4. The molecule has 8 nitrogen and oxygen atoms in total. The number of amides is 2. The summed E-state index contributed by atoms with van der Waals surface area (Å²) in [6, 6.07) is 12.5. The standard InChI is InChI=1S/C20H20N6O2/c1-2-28-18-5-4-17(11-16(18)13-22)24-20(27)26-9-7-25(8-10-26)19-6-3-15(12-21)14-23-19/h3-6,11,14H,2,7-10H2,1H3,(H,24,27). The lowest BCUT2D eigenvalue weighted by atomic mass is 10.2. The van der Waals surface area contributed by atoms with Crippen molar-refractivity contribution in [2.75, 3.05) is 43.0 Å². The molecule has 1 N–H and O–H groups in total. The fourth-order valence-corrected chi connectivity index (χ4v) is 2.96. The maximum atomic E-state index is 12.5. The van der Waals surface area contributed by atoms with E-state index in [2.05, 4.69) is 27.3 Å². The van der Waals surface area contributed by atoms with E-state index in [0.717, 1.165) is 5.82 Å². The molecule has 2 amide bonds. The summed E-state index contributed by atoms with van der Waals surface area (Å²) in [5, 5.41) is 20.9. The third-order valence-corrected chi connectivity index (χ3v) is 4.42. The fourth-order valence-electron chi connectivity index (χ4n) is 2.96. The van der Waals surface area contributed by atoms with Gasteiger partial charge in [-0.1, -0.05) is 0 Å². The number of hydrogen-bond acceptors (Lipinski definition) is 6. The zero-order chi connectivity index (χ0) is 19.9. The molecule has 2 aromatic rings. The first-order chi connectivity index (χ1) is 13.6. The van der Waals surface area contributed by atoms with Gasteiger partial charge in [-0.25, -0.2) is 9.78 Å². The van der Waals surface area contributed by atoms with Crippen molar-refractivity contribution in [3.05, 3.63) is 47.7 Å². The van der Waals surface area contributed by atoms with Crippen molar-refractivity contribution in [1.82, 2.24) is 9.88 Å². The molecule has 1 aromatic carbocycles. The number of nitrogens with one attached hydrogen (secondary N) is 1. The van der Waals surface area contributed by atoms with E-state index in [1.807, 2.05) is 13.0 Å². The molecule has 0 atom stereocenters. The molecule has 8 heteroatoms. The number of urea groups is 1. The van der Waals surface area contributed by atoms with Gasteiger partial charge in [-0.05, 0) is 37.3 Å². The van der Waals surface area contributed by atoms with E-state index >= 15 is 0 Å². The lowest BCUT2D eigenvalue weighted by molar-refractivity contribution is 0.208. The topological polar surface area (TPSA) is 105 Å². The molecule has 1 fully saturated rings. The number of anilines is 2. The summed E-state index contributed by atoms with van der Waals surface area (Å²) >= 11 is 0. The number of aromatic nitrogens is 1. The number of ether oxygens (including phenoxy) is 1. The fraction of sp³-hybridized carbons (Fsp3) is 0.300. The Morgan fingerprint density at radius 1 is 1.18 bits per heavy atom. The summed E-state index contributed by atoms with van der Waals surface area (Å²) < 4.78 is 5.40. The van der Waals surface area contributed by atoms with Crippen LogP contribution in [0.25, 0.3) is 0 Å². The van der Waals surface area contributed by atoms with Gasteiger partial charge in [0.05, 0.1) is 17.7 Å². The highest BCUT2D eigenvalue weighted by atomic mass is 16.5. The first kappa shape index (κ1) is 19.0. The minimum Gasteiger partial charge on any atom is -0.492 e. The van der Waals surface area contributed by atoms with Crippen LogP contribution in [0.5, 0.6) is 5.75 Å². The van der Waals surface area contributed by atoms with Gasteiger partial charge in [0, 0.05) is 38.1 Å².